The highest BCUT2D eigenvalue weighted by molar-refractivity contribution is 8.01. The van der Waals surface area contributed by atoms with Gasteiger partial charge in [-0.1, -0.05) is 29.2 Å². The van der Waals surface area contributed by atoms with E-state index in [4.69, 9.17) is 4.74 Å². The third kappa shape index (κ3) is 2.82. The number of rotatable bonds is 5. The zero-order chi connectivity index (χ0) is 13.0. The van der Waals surface area contributed by atoms with Gasteiger partial charge in [-0.3, -0.25) is 0 Å². The van der Waals surface area contributed by atoms with Crippen molar-refractivity contribution >= 4 is 23.1 Å². The molecule has 18 heavy (non-hydrogen) atoms. The van der Waals surface area contributed by atoms with Crippen LogP contribution in [0, 0.1) is 0 Å². The third-order valence-corrected chi connectivity index (χ3v) is 4.50. The molecule has 2 aromatic rings. The Balaban J connectivity index is 2.39. The molecule has 0 aliphatic heterocycles. The molecule has 1 heterocycles. The van der Waals surface area contributed by atoms with Crippen molar-refractivity contribution in [2.75, 3.05) is 14.2 Å². The highest BCUT2D eigenvalue weighted by atomic mass is 32.2. The van der Waals surface area contributed by atoms with E-state index in [1.165, 1.54) is 11.3 Å². The van der Waals surface area contributed by atoms with E-state index in [9.17, 15) is 0 Å². The number of benzene rings is 1. The van der Waals surface area contributed by atoms with E-state index >= 15 is 0 Å². The van der Waals surface area contributed by atoms with Crippen LogP contribution in [0.4, 0.5) is 0 Å². The first-order chi connectivity index (χ1) is 8.76. The van der Waals surface area contributed by atoms with Crippen molar-refractivity contribution in [3.05, 3.63) is 29.3 Å². The first-order valence-electron chi connectivity index (χ1n) is 5.54. The standard InChI is InChI=1S/C12H15N3OS2/c1-8(13-2)11-9(16-3)5-4-6-10(11)18-12-15-14-7-17-12/h4-8,13H,1-3H3. The second-order valence-corrected chi connectivity index (χ2v) is 5.81. The number of nitrogens with one attached hydrogen (secondary N) is 1. The second kappa shape index (κ2) is 6.17. The van der Waals surface area contributed by atoms with Gasteiger partial charge in [-0.15, -0.1) is 10.2 Å². The molecule has 0 radical (unpaired) electrons. The van der Waals surface area contributed by atoms with Crippen LogP contribution in [0.2, 0.25) is 0 Å². The first-order valence-corrected chi connectivity index (χ1v) is 7.24. The number of methoxy groups -OCH3 is 1. The molecule has 0 spiro atoms. The van der Waals surface area contributed by atoms with Crippen LogP contribution in [0.15, 0.2) is 32.9 Å². The summed E-state index contributed by atoms with van der Waals surface area (Å²) in [6.45, 7) is 2.11. The zero-order valence-corrected chi connectivity index (χ0v) is 12.1. The summed E-state index contributed by atoms with van der Waals surface area (Å²) >= 11 is 3.16. The van der Waals surface area contributed by atoms with Crippen molar-refractivity contribution in [2.24, 2.45) is 0 Å². The van der Waals surface area contributed by atoms with E-state index < -0.39 is 0 Å². The lowest BCUT2D eigenvalue weighted by Crippen LogP contribution is -2.14. The quantitative estimate of drug-likeness (QED) is 0.913. The molecule has 0 saturated carbocycles. The minimum absolute atomic E-state index is 0.219. The van der Waals surface area contributed by atoms with Gasteiger partial charge in [-0.05, 0) is 26.1 Å². The highest BCUT2D eigenvalue weighted by Gasteiger charge is 2.16. The molecule has 0 aliphatic carbocycles. The number of nitrogens with zero attached hydrogens (tertiary/aromatic N) is 2. The van der Waals surface area contributed by atoms with Crippen LogP contribution in [-0.2, 0) is 0 Å². The van der Waals surface area contributed by atoms with Crippen molar-refractivity contribution in [3.63, 3.8) is 0 Å². The van der Waals surface area contributed by atoms with Gasteiger partial charge in [0.2, 0.25) is 0 Å². The van der Waals surface area contributed by atoms with E-state index in [1.807, 2.05) is 19.2 Å². The summed E-state index contributed by atoms with van der Waals surface area (Å²) in [4.78, 5) is 1.15. The fourth-order valence-electron chi connectivity index (χ4n) is 1.66. The van der Waals surface area contributed by atoms with Crippen LogP contribution in [-0.4, -0.2) is 24.4 Å². The van der Waals surface area contributed by atoms with Crippen LogP contribution >= 0.6 is 23.1 Å². The summed E-state index contributed by atoms with van der Waals surface area (Å²) < 4.78 is 6.38. The van der Waals surface area contributed by atoms with Crippen LogP contribution in [0.3, 0.4) is 0 Å². The van der Waals surface area contributed by atoms with Crippen molar-refractivity contribution in [1.29, 1.82) is 0 Å². The predicted octanol–water partition coefficient (Wildman–Crippen LogP) is 2.98. The maximum absolute atomic E-state index is 5.44. The molecular weight excluding hydrogens is 266 g/mol. The first kappa shape index (κ1) is 13.3. The summed E-state index contributed by atoms with van der Waals surface area (Å²) in [5.74, 6) is 0.895. The van der Waals surface area contributed by atoms with Crippen molar-refractivity contribution in [3.8, 4) is 5.75 Å². The van der Waals surface area contributed by atoms with Gasteiger partial charge < -0.3 is 10.1 Å². The fraction of sp³-hybridized carbons (Fsp3) is 0.333. The number of aromatic nitrogens is 2. The topological polar surface area (TPSA) is 47.0 Å². The molecule has 4 nitrogen and oxygen atoms in total. The third-order valence-electron chi connectivity index (χ3n) is 2.65. The Morgan fingerprint density at radius 3 is 2.89 bits per heavy atom. The molecule has 0 saturated heterocycles. The molecule has 2 rings (SSSR count). The fourth-order valence-corrected chi connectivity index (χ4v) is 3.34. The SMILES string of the molecule is CNC(C)c1c(OC)cccc1Sc1nncs1. The average Bonchev–Trinajstić information content (AvgIpc) is 2.90. The van der Waals surface area contributed by atoms with Crippen LogP contribution in [0.5, 0.6) is 5.75 Å². The molecule has 0 fully saturated rings. The minimum atomic E-state index is 0.219. The molecule has 1 aromatic heterocycles. The van der Waals surface area contributed by atoms with Crippen molar-refractivity contribution in [1.82, 2.24) is 15.5 Å². The van der Waals surface area contributed by atoms with Crippen LogP contribution in [0.1, 0.15) is 18.5 Å². The Kier molecular flexibility index (Phi) is 4.57. The van der Waals surface area contributed by atoms with E-state index in [0.717, 1.165) is 20.5 Å². The Morgan fingerprint density at radius 2 is 2.28 bits per heavy atom. The minimum Gasteiger partial charge on any atom is -0.496 e. The summed E-state index contributed by atoms with van der Waals surface area (Å²) in [6, 6.07) is 6.27. The molecule has 96 valence electrons. The van der Waals surface area contributed by atoms with Gasteiger partial charge in [-0.2, -0.15) is 0 Å². The maximum atomic E-state index is 5.44. The van der Waals surface area contributed by atoms with E-state index in [0.29, 0.717) is 0 Å². The van der Waals surface area contributed by atoms with Crippen molar-refractivity contribution in [2.45, 2.75) is 22.2 Å². The number of ether oxygens (including phenoxy) is 1. The normalized spacial score (nSPS) is 12.4. The summed E-state index contributed by atoms with van der Waals surface area (Å²) in [5.41, 5.74) is 2.90. The zero-order valence-electron chi connectivity index (χ0n) is 10.5. The molecule has 1 aromatic carbocycles. The van der Waals surface area contributed by atoms with Gasteiger partial charge in [0.05, 0.1) is 7.11 Å². The molecule has 6 heteroatoms. The van der Waals surface area contributed by atoms with Gasteiger partial charge >= 0.3 is 0 Å². The van der Waals surface area contributed by atoms with Crippen LogP contribution < -0.4 is 10.1 Å². The van der Waals surface area contributed by atoms with E-state index in [-0.39, 0.29) is 6.04 Å². The van der Waals surface area contributed by atoms with Crippen molar-refractivity contribution < 1.29 is 4.74 Å². The van der Waals surface area contributed by atoms with E-state index in [1.54, 1.807) is 24.4 Å². The Hall–Kier alpha value is -1.11. The number of hydrogen-bond donors (Lipinski definition) is 1. The number of hydrogen-bond acceptors (Lipinski definition) is 6. The molecule has 0 amide bonds. The highest BCUT2D eigenvalue weighted by Crippen LogP contribution is 2.38. The van der Waals surface area contributed by atoms with Gasteiger partial charge in [0, 0.05) is 16.5 Å². The summed E-state index contributed by atoms with van der Waals surface area (Å²) in [6.07, 6.45) is 0. The van der Waals surface area contributed by atoms with E-state index in [2.05, 4.69) is 28.5 Å². The lowest BCUT2D eigenvalue weighted by Gasteiger charge is -2.18. The Morgan fingerprint density at radius 1 is 1.44 bits per heavy atom. The lowest BCUT2D eigenvalue weighted by atomic mass is 10.1. The predicted molar refractivity (Wildman–Crippen MR) is 74.5 cm³/mol. The van der Waals surface area contributed by atoms with Crippen LogP contribution in [0.25, 0.3) is 0 Å². The Bertz CT molecular complexity index is 502. The van der Waals surface area contributed by atoms with Gasteiger partial charge in [-0.25, -0.2) is 0 Å². The largest absolute Gasteiger partial charge is 0.496 e. The summed E-state index contributed by atoms with van der Waals surface area (Å²) in [5, 5.41) is 11.2. The monoisotopic (exact) mass is 281 g/mol. The molecule has 0 aliphatic rings. The second-order valence-electron chi connectivity index (χ2n) is 3.69. The molecule has 1 N–H and O–H groups in total. The average molecular weight is 281 g/mol. The van der Waals surface area contributed by atoms with Gasteiger partial charge in [0.15, 0.2) is 4.34 Å². The lowest BCUT2D eigenvalue weighted by molar-refractivity contribution is 0.401. The molecular formula is C12H15N3OS2. The summed E-state index contributed by atoms with van der Waals surface area (Å²) in [7, 11) is 3.64. The Labute approximate surface area is 115 Å². The van der Waals surface area contributed by atoms with Gasteiger partial charge in [0.25, 0.3) is 0 Å². The molecule has 1 unspecified atom stereocenters. The molecule has 1 atom stereocenters. The smallest absolute Gasteiger partial charge is 0.178 e. The van der Waals surface area contributed by atoms with Gasteiger partial charge in [0.1, 0.15) is 11.3 Å². The molecule has 0 bridgehead atoms. The maximum Gasteiger partial charge on any atom is 0.178 e.